The van der Waals surface area contributed by atoms with Crippen molar-refractivity contribution in [2.45, 2.75) is 37.1 Å². The van der Waals surface area contributed by atoms with Crippen molar-refractivity contribution in [3.63, 3.8) is 0 Å². The zero-order valence-electron chi connectivity index (χ0n) is 17.2. The third-order valence-electron chi connectivity index (χ3n) is 5.48. The van der Waals surface area contributed by atoms with Gasteiger partial charge in [0.2, 0.25) is 10.0 Å². The molecule has 2 aliphatic heterocycles. The summed E-state index contributed by atoms with van der Waals surface area (Å²) in [6.45, 7) is 2.56. The summed E-state index contributed by atoms with van der Waals surface area (Å²) in [4.78, 5) is 25.0. The van der Waals surface area contributed by atoms with Crippen LogP contribution in [-0.4, -0.2) is 49.3 Å². The topological polar surface area (TPSA) is 99.1 Å². The van der Waals surface area contributed by atoms with Crippen molar-refractivity contribution in [1.82, 2.24) is 4.31 Å². The molecule has 2 aromatic rings. The summed E-state index contributed by atoms with van der Waals surface area (Å²) in [7, 11) is -3.50. The molecule has 31 heavy (non-hydrogen) atoms. The lowest BCUT2D eigenvalue weighted by Gasteiger charge is -2.20. The van der Waals surface area contributed by atoms with Crippen molar-refractivity contribution in [2.24, 2.45) is 5.10 Å². The number of hydrazone groups is 1. The minimum Gasteiger partial charge on any atom is -0.321 e. The Morgan fingerprint density at radius 2 is 1.65 bits per heavy atom. The molecule has 1 amide bonds. The van der Waals surface area contributed by atoms with E-state index in [0.717, 1.165) is 18.5 Å². The van der Waals surface area contributed by atoms with Gasteiger partial charge in [-0.25, -0.2) is 8.42 Å². The number of hydrogen-bond acceptors (Lipinski definition) is 6. The van der Waals surface area contributed by atoms with Crippen LogP contribution in [0.25, 0.3) is 0 Å². The van der Waals surface area contributed by atoms with Crippen LogP contribution in [0.5, 0.6) is 0 Å². The molecule has 2 aromatic carbocycles. The Labute approximate surface area is 181 Å². The number of nitrogens with one attached hydrogen (secondary N) is 1. The molecule has 8 nitrogen and oxygen atoms in total. The second-order valence-electron chi connectivity index (χ2n) is 7.65. The van der Waals surface area contributed by atoms with Gasteiger partial charge in [-0.1, -0.05) is 18.2 Å². The molecule has 4 rings (SSSR count). The van der Waals surface area contributed by atoms with Crippen LogP contribution < -0.4 is 10.3 Å². The summed E-state index contributed by atoms with van der Waals surface area (Å²) in [6, 6.07) is 14.8. The van der Waals surface area contributed by atoms with E-state index in [1.807, 2.05) is 30.3 Å². The highest BCUT2D eigenvalue weighted by atomic mass is 32.2. The van der Waals surface area contributed by atoms with E-state index in [4.69, 9.17) is 0 Å². The van der Waals surface area contributed by atoms with Crippen LogP contribution in [0, 0.1) is 0 Å². The summed E-state index contributed by atoms with van der Waals surface area (Å²) in [5.74, 6) is -0.494. The molecular weight excluding hydrogens is 416 g/mol. The molecule has 2 aliphatic rings. The van der Waals surface area contributed by atoms with Crippen molar-refractivity contribution in [1.29, 1.82) is 0 Å². The fraction of sp³-hybridized carbons (Fsp3) is 0.318. The second kappa shape index (κ2) is 8.60. The molecule has 1 atom stereocenters. The van der Waals surface area contributed by atoms with Crippen LogP contribution in [0.4, 0.5) is 11.4 Å². The van der Waals surface area contributed by atoms with Gasteiger partial charge in [-0.15, -0.1) is 0 Å². The Balaban J connectivity index is 1.48. The average Bonchev–Trinajstić information content (AvgIpc) is 3.46. The Morgan fingerprint density at radius 1 is 1.00 bits per heavy atom. The first-order valence-electron chi connectivity index (χ1n) is 10.2. The molecular formula is C22H24N4O4S. The number of para-hydroxylation sites is 1. The minimum absolute atomic E-state index is 0.0770. The Morgan fingerprint density at radius 3 is 2.26 bits per heavy atom. The molecule has 0 saturated carbocycles. The van der Waals surface area contributed by atoms with E-state index in [9.17, 15) is 18.0 Å². The van der Waals surface area contributed by atoms with Crippen molar-refractivity contribution in [2.75, 3.05) is 23.4 Å². The van der Waals surface area contributed by atoms with Crippen LogP contribution in [0.15, 0.2) is 64.6 Å². The zero-order valence-corrected chi connectivity index (χ0v) is 18.0. The largest absolute Gasteiger partial charge is 0.321 e. The quantitative estimate of drug-likeness (QED) is 0.745. The highest BCUT2D eigenvalue weighted by Gasteiger charge is 2.34. The summed E-state index contributed by atoms with van der Waals surface area (Å²) >= 11 is 0. The van der Waals surface area contributed by atoms with E-state index in [1.165, 1.54) is 23.4 Å². The van der Waals surface area contributed by atoms with Gasteiger partial charge in [-0.2, -0.15) is 9.41 Å². The van der Waals surface area contributed by atoms with Crippen molar-refractivity contribution in [3.05, 3.63) is 54.6 Å². The maximum Gasteiger partial charge on any atom is 0.271 e. The number of hydrogen-bond donors (Lipinski definition) is 1. The summed E-state index contributed by atoms with van der Waals surface area (Å²) in [5, 5.41) is 8.70. The average molecular weight is 441 g/mol. The fourth-order valence-electron chi connectivity index (χ4n) is 3.77. The van der Waals surface area contributed by atoms with Gasteiger partial charge >= 0.3 is 0 Å². The normalized spacial score (nSPS) is 19.3. The van der Waals surface area contributed by atoms with Gasteiger partial charge in [-0.3, -0.25) is 14.6 Å². The molecule has 1 unspecified atom stereocenters. The lowest BCUT2D eigenvalue weighted by atomic mass is 10.1. The highest BCUT2D eigenvalue weighted by Crippen LogP contribution is 2.26. The van der Waals surface area contributed by atoms with Gasteiger partial charge in [0.1, 0.15) is 11.8 Å². The summed E-state index contributed by atoms with van der Waals surface area (Å²) in [6.07, 6.45) is 1.95. The zero-order chi connectivity index (χ0) is 22.0. The number of amides is 1. The molecule has 2 heterocycles. The van der Waals surface area contributed by atoms with Crippen LogP contribution >= 0.6 is 0 Å². The van der Waals surface area contributed by atoms with E-state index in [1.54, 1.807) is 17.1 Å². The van der Waals surface area contributed by atoms with Gasteiger partial charge in [0.15, 0.2) is 5.78 Å². The van der Waals surface area contributed by atoms with E-state index in [0.29, 0.717) is 18.8 Å². The molecule has 9 heteroatoms. The SMILES string of the molecule is CC(=O)C1CC(C(=O)Nc2ccc(S(=O)(=O)N3CCCC3)cc2)=NN1c1ccccc1. The number of sulfonamides is 1. The fourth-order valence-corrected chi connectivity index (χ4v) is 5.29. The van der Waals surface area contributed by atoms with Crippen molar-refractivity contribution >= 4 is 38.8 Å². The number of anilines is 2. The molecule has 0 spiro atoms. The number of ketones is 1. The first kappa shape index (κ1) is 21.2. The predicted molar refractivity (Wildman–Crippen MR) is 119 cm³/mol. The van der Waals surface area contributed by atoms with E-state index >= 15 is 0 Å². The third kappa shape index (κ3) is 4.38. The number of nitrogens with zero attached hydrogens (tertiary/aromatic N) is 3. The summed E-state index contributed by atoms with van der Waals surface area (Å²) in [5.41, 5.74) is 1.45. The molecule has 1 saturated heterocycles. The highest BCUT2D eigenvalue weighted by molar-refractivity contribution is 7.89. The molecule has 0 bridgehead atoms. The maximum absolute atomic E-state index is 12.7. The monoisotopic (exact) mass is 440 g/mol. The molecule has 0 aliphatic carbocycles. The van der Waals surface area contributed by atoms with Crippen molar-refractivity contribution in [3.8, 4) is 0 Å². The molecule has 0 radical (unpaired) electrons. The smallest absolute Gasteiger partial charge is 0.271 e. The number of carbonyl (C=O) groups excluding carboxylic acids is 2. The molecule has 162 valence electrons. The van der Waals surface area contributed by atoms with Crippen LogP contribution in [0.1, 0.15) is 26.2 Å². The van der Waals surface area contributed by atoms with E-state index < -0.39 is 22.0 Å². The minimum atomic E-state index is -3.50. The van der Waals surface area contributed by atoms with Crippen LogP contribution in [0.3, 0.4) is 0 Å². The number of carbonyl (C=O) groups is 2. The van der Waals surface area contributed by atoms with Crippen LogP contribution in [-0.2, 0) is 19.6 Å². The molecule has 1 N–H and O–H groups in total. The van der Waals surface area contributed by atoms with Gasteiger partial charge in [-0.05, 0) is 56.2 Å². The van der Waals surface area contributed by atoms with Gasteiger partial charge in [0.05, 0.1) is 10.6 Å². The first-order valence-corrected chi connectivity index (χ1v) is 11.6. The van der Waals surface area contributed by atoms with Crippen molar-refractivity contribution < 1.29 is 18.0 Å². The van der Waals surface area contributed by atoms with Gasteiger partial charge < -0.3 is 5.32 Å². The lowest BCUT2D eigenvalue weighted by Crippen LogP contribution is -2.33. The van der Waals surface area contributed by atoms with Gasteiger partial charge in [0, 0.05) is 25.2 Å². The maximum atomic E-state index is 12.7. The lowest BCUT2D eigenvalue weighted by molar-refractivity contribution is -0.118. The summed E-state index contributed by atoms with van der Waals surface area (Å²) < 4.78 is 26.7. The Hall–Kier alpha value is -3.04. The van der Waals surface area contributed by atoms with E-state index in [-0.39, 0.29) is 22.8 Å². The number of Topliss-reactive ketones (excluding diaryl/α,β-unsaturated/α-hetero) is 1. The standard InChI is InChI=1S/C22H24N4O4S/c1-16(27)21-15-20(24-26(21)18-7-3-2-4-8-18)22(28)23-17-9-11-19(12-10-17)31(29,30)25-13-5-6-14-25/h2-4,7-12,21H,5-6,13-15H2,1H3,(H,23,28). The predicted octanol–water partition coefficient (Wildman–Crippen LogP) is 2.63. The van der Waals surface area contributed by atoms with Gasteiger partial charge in [0.25, 0.3) is 5.91 Å². The molecule has 1 fully saturated rings. The Kier molecular flexibility index (Phi) is 5.88. The second-order valence-corrected chi connectivity index (χ2v) is 9.59. The molecule has 0 aromatic heterocycles. The number of benzene rings is 2. The van der Waals surface area contributed by atoms with E-state index in [2.05, 4.69) is 10.4 Å². The third-order valence-corrected chi connectivity index (χ3v) is 7.39. The van der Waals surface area contributed by atoms with Crippen LogP contribution in [0.2, 0.25) is 0 Å². The number of rotatable bonds is 6. The first-order chi connectivity index (χ1) is 14.9. The Bertz CT molecular complexity index is 1110.